The number of aromatic nitrogens is 2. The third-order valence-electron chi connectivity index (χ3n) is 2.52. The van der Waals surface area contributed by atoms with Gasteiger partial charge in [-0.2, -0.15) is 0 Å². The molecule has 0 spiro atoms. The van der Waals surface area contributed by atoms with Gasteiger partial charge in [0.1, 0.15) is 5.92 Å². The highest BCUT2D eigenvalue weighted by Gasteiger charge is 2.21. The van der Waals surface area contributed by atoms with Gasteiger partial charge in [-0.25, -0.2) is 0 Å². The number of carboxylic acid groups (broad SMARTS) is 1. The summed E-state index contributed by atoms with van der Waals surface area (Å²) in [4.78, 5) is 19.2. The topological polar surface area (TPSA) is 63.1 Å². The molecule has 1 heterocycles. The van der Waals surface area contributed by atoms with Gasteiger partial charge in [0.2, 0.25) is 0 Å². The van der Waals surface area contributed by atoms with Crippen LogP contribution >= 0.6 is 0 Å². The third kappa shape index (κ3) is 2.87. The summed E-state index contributed by atoms with van der Waals surface area (Å²) in [6.45, 7) is 0. The second-order valence-corrected chi connectivity index (χ2v) is 3.71. The van der Waals surface area contributed by atoms with Crippen LogP contribution in [0, 0.1) is 0 Å². The molecule has 1 atom stereocenters. The van der Waals surface area contributed by atoms with Crippen molar-refractivity contribution in [3.05, 3.63) is 60.2 Å². The first-order valence-electron chi connectivity index (χ1n) is 5.30. The Balaban J connectivity index is 2.23. The number of aliphatic carboxylic acids is 1. The maximum atomic E-state index is 11.2. The molecule has 1 aromatic carbocycles. The highest BCUT2D eigenvalue weighted by molar-refractivity contribution is 5.75. The van der Waals surface area contributed by atoms with Crippen LogP contribution in [0.1, 0.15) is 17.2 Å². The van der Waals surface area contributed by atoms with E-state index in [2.05, 4.69) is 9.97 Å². The predicted octanol–water partition coefficient (Wildman–Crippen LogP) is 1.89. The molecule has 17 heavy (non-hydrogen) atoms. The highest BCUT2D eigenvalue weighted by atomic mass is 16.4. The van der Waals surface area contributed by atoms with E-state index in [0.717, 1.165) is 5.56 Å². The molecular weight excluding hydrogens is 216 g/mol. The highest BCUT2D eigenvalue weighted by Crippen LogP contribution is 2.18. The van der Waals surface area contributed by atoms with E-state index in [0.29, 0.717) is 12.1 Å². The van der Waals surface area contributed by atoms with Crippen molar-refractivity contribution in [3.63, 3.8) is 0 Å². The molecule has 86 valence electrons. The van der Waals surface area contributed by atoms with Gasteiger partial charge >= 0.3 is 5.97 Å². The second-order valence-electron chi connectivity index (χ2n) is 3.71. The number of hydrogen-bond donors (Lipinski definition) is 1. The quantitative estimate of drug-likeness (QED) is 0.867. The van der Waals surface area contributed by atoms with Gasteiger partial charge in [0.15, 0.2) is 0 Å². The SMILES string of the molecule is O=C(O)C(Cc1ccccc1)c1cnccn1. The van der Waals surface area contributed by atoms with E-state index < -0.39 is 11.9 Å². The van der Waals surface area contributed by atoms with Crippen LogP contribution in [-0.2, 0) is 11.2 Å². The Morgan fingerprint density at radius 3 is 2.59 bits per heavy atom. The van der Waals surface area contributed by atoms with Crippen LogP contribution in [0.2, 0.25) is 0 Å². The maximum Gasteiger partial charge on any atom is 0.312 e. The minimum atomic E-state index is -0.880. The van der Waals surface area contributed by atoms with Gasteiger partial charge in [-0.15, -0.1) is 0 Å². The fourth-order valence-electron chi connectivity index (χ4n) is 1.66. The lowest BCUT2D eigenvalue weighted by molar-refractivity contribution is -0.138. The van der Waals surface area contributed by atoms with E-state index in [1.807, 2.05) is 30.3 Å². The average Bonchev–Trinajstić information content (AvgIpc) is 2.38. The average molecular weight is 228 g/mol. The molecule has 0 aliphatic rings. The van der Waals surface area contributed by atoms with E-state index in [9.17, 15) is 9.90 Å². The minimum absolute atomic E-state index is 0.425. The fourth-order valence-corrected chi connectivity index (χ4v) is 1.66. The standard InChI is InChI=1S/C13H12N2O2/c16-13(17)11(12-9-14-6-7-15-12)8-10-4-2-1-3-5-10/h1-7,9,11H,8H2,(H,16,17). The first-order chi connectivity index (χ1) is 8.27. The van der Waals surface area contributed by atoms with Crippen LogP contribution < -0.4 is 0 Å². The Bertz CT molecular complexity index is 485. The lowest BCUT2D eigenvalue weighted by atomic mass is 9.96. The zero-order chi connectivity index (χ0) is 12.1. The van der Waals surface area contributed by atoms with Crippen molar-refractivity contribution in [2.75, 3.05) is 0 Å². The normalized spacial score (nSPS) is 12.0. The van der Waals surface area contributed by atoms with Crippen LogP contribution in [0.5, 0.6) is 0 Å². The van der Waals surface area contributed by atoms with Crippen molar-refractivity contribution < 1.29 is 9.90 Å². The summed E-state index contributed by atoms with van der Waals surface area (Å²) in [5, 5.41) is 9.22. The van der Waals surface area contributed by atoms with Crippen LogP contribution in [0.15, 0.2) is 48.9 Å². The summed E-state index contributed by atoms with van der Waals surface area (Å²) in [5.74, 6) is -1.53. The van der Waals surface area contributed by atoms with Gasteiger partial charge in [-0.1, -0.05) is 30.3 Å². The minimum Gasteiger partial charge on any atom is -0.481 e. The van der Waals surface area contributed by atoms with Crippen LogP contribution in [0.25, 0.3) is 0 Å². The Labute approximate surface area is 99.0 Å². The zero-order valence-corrected chi connectivity index (χ0v) is 9.15. The van der Waals surface area contributed by atoms with Crippen molar-refractivity contribution in [3.8, 4) is 0 Å². The zero-order valence-electron chi connectivity index (χ0n) is 9.15. The molecule has 0 fully saturated rings. The Kier molecular flexibility index (Phi) is 3.45. The largest absolute Gasteiger partial charge is 0.481 e. The molecule has 1 unspecified atom stereocenters. The van der Waals surface area contributed by atoms with Gasteiger partial charge in [-0.3, -0.25) is 14.8 Å². The van der Waals surface area contributed by atoms with Gasteiger partial charge in [0, 0.05) is 18.6 Å². The lowest BCUT2D eigenvalue weighted by Gasteiger charge is -2.11. The van der Waals surface area contributed by atoms with Gasteiger partial charge in [-0.05, 0) is 12.0 Å². The molecule has 0 aliphatic carbocycles. The van der Waals surface area contributed by atoms with Gasteiger partial charge in [0.25, 0.3) is 0 Å². The van der Waals surface area contributed by atoms with Crippen LogP contribution in [-0.4, -0.2) is 21.0 Å². The molecule has 2 aromatic rings. The second kappa shape index (κ2) is 5.21. The van der Waals surface area contributed by atoms with E-state index in [4.69, 9.17) is 0 Å². The van der Waals surface area contributed by atoms with E-state index in [-0.39, 0.29) is 0 Å². The number of hydrogen-bond acceptors (Lipinski definition) is 3. The van der Waals surface area contributed by atoms with Gasteiger partial charge < -0.3 is 5.11 Å². The first-order valence-corrected chi connectivity index (χ1v) is 5.30. The molecule has 1 aromatic heterocycles. The first kappa shape index (κ1) is 11.3. The van der Waals surface area contributed by atoms with E-state index in [1.54, 1.807) is 0 Å². The summed E-state index contributed by atoms with van der Waals surface area (Å²) >= 11 is 0. The summed E-state index contributed by atoms with van der Waals surface area (Å²) in [7, 11) is 0. The van der Waals surface area contributed by atoms with Crippen molar-refractivity contribution in [2.24, 2.45) is 0 Å². The molecule has 0 radical (unpaired) electrons. The van der Waals surface area contributed by atoms with Crippen molar-refractivity contribution in [1.29, 1.82) is 0 Å². The predicted molar refractivity (Wildman–Crippen MR) is 62.6 cm³/mol. The number of benzene rings is 1. The lowest BCUT2D eigenvalue weighted by Crippen LogP contribution is -2.16. The molecular formula is C13H12N2O2. The number of carboxylic acids is 1. The van der Waals surface area contributed by atoms with Crippen molar-refractivity contribution >= 4 is 5.97 Å². The number of nitrogens with zero attached hydrogens (tertiary/aromatic N) is 2. The van der Waals surface area contributed by atoms with Crippen LogP contribution in [0.4, 0.5) is 0 Å². The van der Waals surface area contributed by atoms with Crippen molar-refractivity contribution in [1.82, 2.24) is 9.97 Å². The molecule has 0 bridgehead atoms. The third-order valence-corrected chi connectivity index (χ3v) is 2.52. The molecule has 1 N–H and O–H groups in total. The molecule has 4 nitrogen and oxygen atoms in total. The molecule has 4 heteroatoms. The smallest absolute Gasteiger partial charge is 0.312 e. The van der Waals surface area contributed by atoms with Crippen molar-refractivity contribution in [2.45, 2.75) is 12.3 Å². The Morgan fingerprint density at radius 2 is 2.00 bits per heavy atom. The molecule has 0 saturated carbocycles. The molecule has 0 amide bonds. The van der Waals surface area contributed by atoms with E-state index in [1.165, 1.54) is 18.6 Å². The van der Waals surface area contributed by atoms with Crippen LogP contribution in [0.3, 0.4) is 0 Å². The summed E-state index contributed by atoms with van der Waals surface area (Å²) in [5.41, 5.74) is 1.47. The fraction of sp³-hybridized carbons (Fsp3) is 0.154. The summed E-state index contributed by atoms with van der Waals surface area (Å²) in [6, 6.07) is 9.51. The molecule has 0 saturated heterocycles. The Hall–Kier alpha value is -2.23. The Morgan fingerprint density at radius 1 is 1.24 bits per heavy atom. The summed E-state index contributed by atoms with van der Waals surface area (Å²) in [6.07, 6.45) is 4.97. The maximum absolute atomic E-state index is 11.2. The molecule has 0 aliphatic heterocycles. The van der Waals surface area contributed by atoms with Gasteiger partial charge in [0.05, 0.1) is 5.69 Å². The molecule has 2 rings (SSSR count). The summed E-state index contributed by atoms with van der Waals surface area (Å²) < 4.78 is 0. The number of rotatable bonds is 4. The number of carbonyl (C=O) groups is 1. The van der Waals surface area contributed by atoms with E-state index >= 15 is 0 Å². The monoisotopic (exact) mass is 228 g/mol.